The average Bonchev–Trinajstić information content (AvgIpc) is 2.78. The van der Waals surface area contributed by atoms with Gasteiger partial charge in [-0.25, -0.2) is 9.59 Å². The first-order valence-electron chi connectivity index (χ1n) is 8.41. The van der Waals surface area contributed by atoms with Crippen LogP contribution in [-0.4, -0.2) is 60.4 Å². The van der Waals surface area contributed by atoms with E-state index in [0.717, 1.165) is 19.1 Å². The molecule has 0 spiro atoms. The third kappa shape index (κ3) is 4.80. The molecule has 0 heterocycles. The van der Waals surface area contributed by atoms with Gasteiger partial charge in [-0.05, 0) is 50.1 Å². The first kappa shape index (κ1) is 20.6. The minimum Gasteiger partial charge on any atom is -0.478 e. The molecule has 0 saturated heterocycles. The SMILES string of the molecule is CN(C)CCOC1CC2CCC1(C)C2(C)C.O=C(O)/C=C\C(=O)O. The van der Waals surface area contributed by atoms with Crippen molar-refractivity contribution >= 4 is 11.9 Å². The molecule has 24 heavy (non-hydrogen) atoms. The van der Waals surface area contributed by atoms with Crippen molar-refractivity contribution in [3.05, 3.63) is 12.2 Å². The number of carboxylic acids is 2. The molecule has 6 nitrogen and oxygen atoms in total. The fraction of sp³-hybridized carbons (Fsp3) is 0.778. The van der Waals surface area contributed by atoms with Crippen molar-refractivity contribution in [1.82, 2.24) is 4.90 Å². The van der Waals surface area contributed by atoms with Crippen molar-refractivity contribution in [2.24, 2.45) is 16.7 Å². The fourth-order valence-electron chi connectivity index (χ4n) is 3.90. The van der Waals surface area contributed by atoms with Crippen LogP contribution in [0.15, 0.2) is 12.2 Å². The van der Waals surface area contributed by atoms with Crippen LogP contribution in [0.1, 0.15) is 40.0 Å². The van der Waals surface area contributed by atoms with Gasteiger partial charge in [0.1, 0.15) is 0 Å². The first-order valence-corrected chi connectivity index (χ1v) is 8.41. The van der Waals surface area contributed by atoms with Crippen molar-refractivity contribution in [3.8, 4) is 0 Å². The fourth-order valence-corrected chi connectivity index (χ4v) is 3.90. The molecule has 6 heteroatoms. The van der Waals surface area contributed by atoms with Crippen LogP contribution in [0.2, 0.25) is 0 Å². The van der Waals surface area contributed by atoms with Gasteiger partial charge < -0.3 is 19.8 Å². The summed E-state index contributed by atoms with van der Waals surface area (Å²) in [6.45, 7) is 9.26. The topological polar surface area (TPSA) is 87.1 Å². The van der Waals surface area contributed by atoms with Crippen LogP contribution in [-0.2, 0) is 14.3 Å². The molecule has 2 N–H and O–H groups in total. The highest BCUT2D eigenvalue weighted by atomic mass is 16.5. The molecule has 0 aliphatic heterocycles. The summed E-state index contributed by atoms with van der Waals surface area (Å²) in [5.74, 6) is -1.62. The van der Waals surface area contributed by atoms with Crippen LogP contribution in [0.4, 0.5) is 0 Å². The molecule has 2 rings (SSSR count). The zero-order chi connectivity index (χ0) is 18.5. The summed E-state index contributed by atoms with van der Waals surface area (Å²) >= 11 is 0. The zero-order valence-corrected chi connectivity index (χ0v) is 15.4. The second kappa shape index (κ2) is 8.12. The van der Waals surface area contributed by atoms with E-state index in [0.29, 0.717) is 29.1 Å². The Morgan fingerprint density at radius 3 is 2.04 bits per heavy atom. The Morgan fingerprint density at radius 1 is 1.17 bits per heavy atom. The molecule has 3 unspecified atom stereocenters. The monoisotopic (exact) mass is 341 g/mol. The van der Waals surface area contributed by atoms with Gasteiger partial charge in [-0.3, -0.25) is 0 Å². The second-order valence-electron chi connectivity index (χ2n) is 7.78. The number of fused-ring (bicyclic) bond motifs is 2. The van der Waals surface area contributed by atoms with Crippen molar-refractivity contribution in [2.75, 3.05) is 27.2 Å². The Morgan fingerprint density at radius 2 is 1.71 bits per heavy atom. The van der Waals surface area contributed by atoms with Gasteiger partial charge in [0.15, 0.2) is 0 Å². The molecule has 0 radical (unpaired) electrons. The molecule has 2 saturated carbocycles. The quantitative estimate of drug-likeness (QED) is 0.722. The highest BCUT2D eigenvalue weighted by Crippen LogP contribution is 2.66. The molecule has 0 aromatic carbocycles. The third-order valence-corrected chi connectivity index (χ3v) is 5.94. The number of rotatable bonds is 6. The smallest absolute Gasteiger partial charge is 0.328 e. The Bertz CT molecular complexity index is 470. The van der Waals surface area contributed by atoms with Gasteiger partial charge >= 0.3 is 11.9 Å². The Balaban J connectivity index is 0.000000307. The summed E-state index contributed by atoms with van der Waals surface area (Å²) < 4.78 is 6.14. The highest BCUT2D eigenvalue weighted by molar-refractivity contribution is 5.89. The lowest BCUT2D eigenvalue weighted by atomic mass is 9.70. The number of hydrogen-bond acceptors (Lipinski definition) is 4. The van der Waals surface area contributed by atoms with E-state index in [9.17, 15) is 9.59 Å². The maximum Gasteiger partial charge on any atom is 0.328 e. The van der Waals surface area contributed by atoms with E-state index in [1.807, 2.05) is 0 Å². The third-order valence-electron chi connectivity index (χ3n) is 5.94. The number of ether oxygens (including phenoxy) is 1. The molecule has 0 aromatic rings. The maximum atomic E-state index is 9.55. The normalized spacial score (nSPS) is 30.4. The summed E-state index contributed by atoms with van der Waals surface area (Å²) in [5.41, 5.74) is 0.903. The predicted molar refractivity (Wildman–Crippen MR) is 91.9 cm³/mol. The highest BCUT2D eigenvalue weighted by Gasteiger charge is 2.61. The summed E-state index contributed by atoms with van der Waals surface area (Å²) in [4.78, 5) is 21.3. The van der Waals surface area contributed by atoms with Crippen molar-refractivity contribution in [3.63, 3.8) is 0 Å². The largest absolute Gasteiger partial charge is 0.478 e. The lowest BCUT2D eigenvalue weighted by molar-refractivity contribution is -0.134. The van der Waals surface area contributed by atoms with Gasteiger partial charge in [-0.15, -0.1) is 0 Å². The van der Waals surface area contributed by atoms with E-state index in [2.05, 4.69) is 39.8 Å². The van der Waals surface area contributed by atoms with E-state index in [-0.39, 0.29) is 0 Å². The zero-order valence-electron chi connectivity index (χ0n) is 15.4. The molecule has 0 amide bonds. The molecule has 3 atom stereocenters. The van der Waals surface area contributed by atoms with E-state index < -0.39 is 11.9 Å². The van der Waals surface area contributed by atoms with Gasteiger partial charge in [-0.2, -0.15) is 0 Å². The number of hydrogen-bond donors (Lipinski definition) is 2. The number of nitrogens with zero attached hydrogens (tertiary/aromatic N) is 1. The predicted octanol–water partition coefficient (Wildman–Crippen LogP) is 2.49. The van der Waals surface area contributed by atoms with Gasteiger partial charge in [0.25, 0.3) is 0 Å². The Labute approximate surface area is 144 Å². The van der Waals surface area contributed by atoms with Crippen molar-refractivity contribution < 1.29 is 24.5 Å². The second-order valence-corrected chi connectivity index (χ2v) is 7.78. The lowest BCUT2D eigenvalue weighted by Gasteiger charge is -2.39. The minimum absolute atomic E-state index is 0.421. The molecular formula is C18H31NO5. The summed E-state index contributed by atoms with van der Waals surface area (Å²) in [6.07, 6.45) is 5.68. The van der Waals surface area contributed by atoms with Crippen LogP contribution in [0, 0.1) is 16.7 Å². The van der Waals surface area contributed by atoms with E-state index in [4.69, 9.17) is 14.9 Å². The average molecular weight is 341 g/mol. The molecular weight excluding hydrogens is 310 g/mol. The summed E-state index contributed by atoms with van der Waals surface area (Å²) in [6, 6.07) is 0. The Kier molecular flexibility index (Phi) is 6.98. The molecule has 138 valence electrons. The van der Waals surface area contributed by atoms with Crippen molar-refractivity contribution in [1.29, 1.82) is 0 Å². The number of likely N-dealkylation sites (N-methyl/N-ethyl adjacent to an activating group) is 1. The number of aliphatic carboxylic acids is 2. The van der Waals surface area contributed by atoms with Gasteiger partial charge in [0, 0.05) is 18.7 Å². The summed E-state index contributed by atoms with van der Waals surface area (Å²) in [7, 11) is 4.21. The van der Waals surface area contributed by atoms with Crippen LogP contribution in [0.5, 0.6) is 0 Å². The summed E-state index contributed by atoms with van der Waals surface area (Å²) in [5, 5.41) is 15.6. The Hall–Kier alpha value is -1.40. The lowest BCUT2D eigenvalue weighted by Crippen LogP contribution is -2.38. The molecule has 2 fully saturated rings. The number of carboxylic acid groups (broad SMARTS) is 2. The van der Waals surface area contributed by atoms with E-state index in [1.165, 1.54) is 19.3 Å². The van der Waals surface area contributed by atoms with Crippen LogP contribution in [0.25, 0.3) is 0 Å². The first-order chi connectivity index (χ1) is 11.0. The van der Waals surface area contributed by atoms with E-state index in [1.54, 1.807) is 0 Å². The van der Waals surface area contributed by atoms with Crippen LogP contribution < -0.4 is 0 Å². The van der Waals surface area contributed by atoms with Gasteiger partial charge in [0.2, 0.25) is 0 Å². The standard InChI is InChI=1S/C14H27NO.C4H4O4/c1-13(2)11-6-7-14(13,3)12(10-11)16-9-8-15(4)5;5-3(6)1-2-4(7)8/h11-12H,6-10H2,1-5H3;1-2H,(H,5,6)(H,7,8)/b;2-1-. The maximum absolute atomic E-state index is 9.55. The molecule has 2 bridgehead atoms. The van der Waals surface area contributed by atoms with Crippen LogP contribution in [0.3, 0.4) is 0 Å². The minimum atomic E-state index is -1.26. The van der Waals surface area contributed by atoms with E-state index >= 15 is 0 Å². The number of carbonyl (C=O) groups is 2. The molecule has 0 aromatic heterocycles. The van der Waals surface area contributed by atoms with Gasteiger partial charge in [0.05, 0.1) is 12.7 Å². The van der Waals surface area contributed by atoms with Crippen LogP contribution >= 0.6 is 0 Å². The molecule has 2 aliphatic rings. The molecule has 2 aliphatic carbocycles. The van der Waals surface area contributed by atoms with Crippen molar-refractivity contribution in [2.45, 2.75) is 46.1 Å². The van der Waals surface area contributed by atoms with Gasteiger partial charge in [-0.1, -0.05) is 20.8 Å².